The highest BCUT2D eigenvalue weighted by molar-refractivity contribution is 5.81. The SMILES string of the molecule is CCCOc1ccccc1CCCNC(=O)C(CC)Oc1ccc(C)c(C)c1. The quantitative estimate of drug-likeness (QED) is 0.556. The summed E-state index contributed by atoms with van der Waals surface area (Å²) in [6.45, 7) is 9.52. The van der Waals surface area contributed by atoms with E-state index in [1.165, 1.54) is 11.1 Å². The van der Waals surface area contributed by atoms with E-state index in [0.29, 0.717) is 13.0 Å². The molecule has 2 aromatic rings. The van der Waals surface area contributed by atoms with Crippen molar-refractivity contribution in [2.75, 3.05) is 13.2 Å². The van der Waals surface area contributed by atoms with E-state index in [2.05, 4.69) is 25.2 Å². The monoisotopic (exact) mass is 383 g/mol. The van der Waals surface area contributed by atoms with Gasteiger partial charge in [0.05, 0.1) is 6.61 Å². The Hall–Kier alpha value is -2.49. The van der Waals surface area contributed by atoms with Crippen molar-refractivity contribution in [1.29, 1.82) is 0 Å². The molecule has 0 aliphatic rings. The molecule has 1 N–H and O–H groups in total. The fraction of sp³-hybridized carbons (Fsp3) is 0.458. The lowest BCUT2D eigenvalue weighted by Gasteiger charge is -2.18. The molecule has 2 rings (SSSR count). The first-order valence-electron chi connectivity index (χ1n) is 10.3. The average Bonchev–Trinajstić information content (AvgIpc) is 2.71. The van der Waals surface area contributed by atoms with E-state index in [9.17, 15) is 4.79 Å². The molecule has 0 heterocycles. The van der Waals surface area contributed by atoms with E-state index in [-0.39, 0.29) is 5.91 Å². The molecule has 1 atom stereocenters. The third-order valence-electron chi connectivity index (χ3n) is 4.78. The normalized spacial score (nSPS) is 11.7. The minimum atomic E-state index is -0.470. The Kier molecular flexibility index (Phi) is 8.86. The van der Waals surface area contributed by atoms with Crippen LogP contribution in [0.5, 0.6) is 11.5 Å². The van der Waals surface area contributed by atoms with Crippen molar-refractivity contribution in [2.24, 2.45) is 0 Å². The number of carbonyl (C=O) groups excluding carboxylic acids is 1. The molecule has 4 nitrogen and oxygen atoms in total. The number of rotatable bonds is 11. The first-order valence-corrected chi connectivity index (χ1v) is 10.3. The zero-order valence-electron chi connectivity index (χ0n) is 17.6. The summed E-state index contributed by atoms with van der Waals surface area (Å²) in [5.74, 6) is 1.63. The van der Waals surface area contributed by atoms with Crippen molar-refractivity contribution in [3.63, 3.8) is 0 Å². The molecule has 0 spiro atoms. The number of hydrogen-bond acceptors (Lipinski definition) is 3. The number of hydrogen-bond donors (Lipinski definition) is 1. The molecule has 0 aromatic heterocycles. The van der Waals surface area contributed by atoms with Crippen LogP contribution in [0.3, 0.4) is 0 Å². The number of ether oxygens (including phenoxy) is 2. The summed E-state index contributed by atoms with van der Waals surface area (Å²) in [6.07, 6.45) is 2.88. The third-order valence-corrected chi connectivity index (χ3v) is 4.78. The molecule has 0 aliphatic carbocycles. The van der Waals surface area contributed by atoms with Gasteiger partial charge in [0.2, 0.25) is 0 Å². The zero-order chi connectivity index (χ0) is 20.4. The minimum Gasteiger partial charge on any atom is -0.493 e. The summed E-state index contributed by atoms with van der Waals surface area (Å²) in [5, 5.41) is 3.01. The number of carbonyl (C=O) groups is 1. The molecule has 4 heteroatoms. The second-order valence-electron chi connectivity index (χ2n) is 7.11. The molecule has 0 radical (unpaired) electrons. The predicted molar refractivity (Wildman–Crippen MR) is 114 cm³/mol. The van der Waals surface area contributed by atoms with E-state index < -0.39 is 6.10 Å². The maximum atomic E-state index is 12.5. The number of benzene rings is 2. The first kappa shape index (κ1) is 21.8. The lowest BCUT2D eigenvalue weighted by Crippen LogP contribution is -2.38. The van der Waals surface area contributed by atoms with Crippen molar-refractivity contribution in [2.45, 2.75) is 59.5 Å². The maximum absolute atomic E-state index is 12.5. The molecule has 2 aromatic carbocycles. The van der Waals surface area contributed by atoms with Crippen molar-refractivity contribution < 1.29 is 14.3 Å². The Balaban J connectivity index is 1.81. The third kappa shape index (κ3) is 6.59. The van der Waals surface area contributed by atoms with Gasteiger partial charge in [0, 0.05) is 6.54 Å². The van der Waals surface area contributed by atoms with Crippen LogP contribution in [0, 0.1) is 13.8 Å². The van der Waals surface area contributed by atoms with Gasteiger partial charge in [-0.1, -0.05) is 38.1 Å². The Morgan fingerprint density at radius 1 is 1.07 bits per heavy atom. The van der Waals surface area contributed by atoms with E-state index >= 15 is 0 Å². The van der Waals surface area contributed by atoms with Crippen molar-refractivity contribution in [3.8, 4) is 11.5 Å². The van der Waals surface area contributed by atoms with Gasteiger partial charge in [0.1, 0.15) is 11.5 Å². The molecule has 0 saturated carbocycles. The highest BCUT2D eigenvalue weighted by Crippen LogP contribution is 2.20. The van der Waals surface area contributed by atoms with Gasteiger partial charge in [-0.3, -0.25) is 4.79 Å². The van der Waals surface area contributed by atoms with Crippen LogP contribution in [0.15, 0.2) is 42.5 Å². The zero-order valence-corrected chi connectivity index (χ0v) is 17.6. The van der Waals surface area contributed by atoms with E-state index in [4.69, 9.17) is 9.47 Å². The standard InChI is InChI=1S/C24H33NO3/c1-5-16-27-23-12-8-7-10-20(23)11-9-15-25-24(26)22(6-2)28-21-14-13-18(3)19(4)17-21/h7-8,10,12-14,17,22H,5-6,9,11,15-16H2,1-4H3,(H,25,26). The topological polar surface area (TPSA) is 47.6 Å². The summed E-state index contributed by atoms with van der Waals surface area (Å²) < 4.78 is 11.7. The van der Waals surface area contributed by atoms with Gasteiger partial charge >= 0.3 is 0 Å². The fourth-order valence-corrected chi connectivity index (χ4v) is 2.94. The lowest BCUT2D eigenvalue weighted by molar-refractivity contribution is -0.128. The van der Waals surface area contributed by atoms with Crippen LogP contribution in [0.2, 0.25) is 0 Å². The van der Waals surface area contributed by atoms with E-state index in [1.807, 2.05) is 50.2 Å². The summed E-state index contributed by atoms with van der Waals surface area (Å²) in [4.78, 5) is 12.5. The molecule has 0 bridgehead atoms. The molecule has 1 unspecified atom stereocenters. The number of amides is 1. The molecule has 0 saturated heterocycles. The summed E-state index contributed by atoms with van der Waals surface area (Å²) in [6, 6.07) is 14.0. The number of aryl methyl sites for hydroxylation is 3. The Morgan fingerprint density at radius 3 is 2.57 bits per heavy atom. The molecule has 0 fully saturated rings. The summed E-state index contributed by atoms with van der Waals surface area (Å²) in [5.41, 5.74) is 3.56. The Labute approximate surface area is 169 Å². The van der Waals surface area contributed by atoms with Gasteiger partial charge in [-0.15, -0.1) is 0 Å². The smallest absolute Gasteiger partial charge is 0.261 e. The van der Waals surface area contributed by atoms with E-state index in [0.717, 1.165) is 42.9 Å². The Morgan fingerprint density at radius 2 is 1.86 bits per heavy atom. The largest absolute Gasteiger partial charge is 0.493 e. The molecule has 0 aliphatic heterocycles. The van der Waals surface area contributed by atoms with Gasteiger partial charge < -0.3 is 14.8 Å². The van der Waals surface area contributed by atoms with E-state index in [1.54, 1.807) is 0 Å². The van der Waals surface area contributed by atoms with Crippen LogP contribution in [-0.4, -0.2) is 25.2 Å². The number of para-hydroxylation sites is 1. The van der Waals surface area contributed by atoms with Crippen molar-refractivity contribution in [1.82, 2.24) is 5.32 Å². The predicted octanol–water partition coefficient (Wildman–Crippen LogP) is 5.00. The molecule has 28 heavy (non-hydrogen) atoms. The maximum Gasteiger partial charge on any atom is 0.261 e. The van der Waals surface area contributed by atoms with Crippen LogP contribution in [0.4, 0.5) is 0 Å². The summed E-state index contributed by atoms with van der Waals surface area (Å²) in [7, 11) is 0. The van der Waals surface area contributed by atoms with Gasteiger partial charge in [-0.2, -0.15) is 0 Å². The van der Waals surface area contributed by atoms with Crippen LogP contribution < -0.4 is 14.8 Å². The second-order valence-corrected chi connectivity index (χ2v) is 7.11. The summed E-state index contributed by atoms with van der Waals surface area (Å²) >= 11 is 0. The molecular weight excluding hydrogens is 350 g/mol. The molecule has 1 amide bonds. The second kappa shape index (κ2) is 11.4. The minimum absolute atomic E-state index is 0.0590. The van der Waals surface area contributed by atoms with Gasteiger partial charge in [-0.05, 0) is 74.4 Å². The molecule has 152 valence electrons. The Bertz CT molecular complexity index is 757. The van der Waals surface area contributed by atoms with Gasteiger partial charge in [0.15, 0.2) is 6.10 Å². The van der Waals surface area contributed by atoms with Crippen molar-refractivity contribution >= 4 is 5.91 Å². The highest BCUT2D eigenvalue weighted by atomic mass is 16.5. The lowest BCUT2D eigenvalue weighted by atomic mass is 10.1. The van der Waals surface area contributed by atoms with Gasteiger partial charge in [-0.25, -0.2) is 0 Å². The fourth-order valence-electron chi connectivity index (χ4n) is 2.94. The van der Waals surface area contributed by atoms with Crippen LogP contribution in [0.1, 0.15) is 49.8 Å². The number of nitrogens with one attached hydrogen (secondary N) is 1. The molecular formula is C24H33NO3. The van der Waals surface area contributed by atoms with Crippen LogP contribution >= 0.6 is 0 Å². The first-order chi connectivity index (χ1) is 13.5. The van der Waals surface area contributed by atoms with Crippen molar-refractivity contribution in [3.05, 3.63) is 59.2 Å². The van der Waals surface area contributed by atoms with Crippen LogP contribution in [-0.2, 0) is 11.2 Å². The highest BCUT2D eigenvalue weighted by Gasteiger charge is 2.18. The van der Waals surface area contributed by atoms with Gasteiger partial charge in [0.25, 0.3) is 5.91 Å². The average molecular weight is 384 g/mol. The van der Waals surface area contributed by atoms with Crippen LogP contribution in [0.25, 0.3) is 0 Å².